The largest absolute Gasteiger partial charge is 0.352 e. The molecule has 0 radical (unpaired) electrons. The number of piperazine rings is 1. The number of nitrogens with zero attached hydrogens (tertiary/aromatic N) is 2. The molecule has 3 N–H and O–H groups in total. The number of nitrogens with one attached hydrogen (secondary N) is 1. The number of amides is 2. The monoisotopic (exact) mass is 392 g/mol. The summed E-state index contributed by atoms with van der Waals surface area (Å²) < 4.78 is 0. The zero-order valence-electron chi connectivity index (χ0n) is 14.6. The van der Waals surface area contributed by atoms with Crippen molar-refractivity contribution in [3.8, 4) is 0 Å². The third kappa shape index (κ3) is 4.88. The first-order valence-electron chi connectivity index (χ1n) is 8.74. The molecule has 1 heterocycles. The van der Waals surface area contributed by atoms with Crippen LogP contribution in [0.15, 0.2) is 12.7 Å². The van der Waals surface area contributed by atoms with Crippen LogP contribution >= 0.6 is 24.8 Å². The van der Waals surface area contributed by atoms with Gasteiger partial charge in [-0.1, -0.05) is 6.08 Å². The molecular weight excluding hydrogens is 363 g/mol. The van der Waals surface area contributed by atoms with E-state index in [-0.39, 0.29) is 48.6 Å². The summed E-state index contributed by atoms with van der Waals surface area (Å²) in [5.74, 6) is 1.37. The Bertz CT molecular complexity index is 481. The summed E-state index contributed by atoms with van der Waals surface area (Å²) in [5, 5.41) is 2.79. The number of hydrogen-bond acceptors (Lipinski definition) is 4. The van der Waals surface area contributed by atoms with Crippen molar-refractivity contribution in [2.45, 2.75) is 25.3 Å². The standard InChI is InChI=1S/C17H28N4O2.2ClH/c1-2-5-19-14(22)11-20-6-8-21(9-7-20)17(23)15-12-3-4-13(10-12)16(15)18;;/h2,12-13,15-16H,1,3-11,18H2,(H,19,22);2*1H. The molecule has 1 saturated heterocycles. The summed E-state index contributed by atoms with van der Waals surface area (Å²) >= 11 is 0. The van der Waals surface area contributed by atoms with E-state index in [2.05, 4.69) is 16.8 Å². The molecule has 0 spiro atoms. The van der Waals surface area contributed by atoms with Crippen LogP contribution in [0.3, 0.4) is 0 Å². The van der Waals surface area contributed by atoms with Crippen molar-refractivity contribution in [3.63, 3.8) is 0 Å². The minimum Gasteiger partial charge on any atom is -0.352 e. The van der Waals surface area contributed by atoms with Gasteiger partial charge in [-0.2, -0.15) is 0 Å². The molecule has 4 unspecified atom stereocenters. The lowest BCUT2D eigenvalue weighted by atomic mass is 9.84. The zero-order chi connectivity index (χ0) is 16.4. The minimum atomic E-state index is 0. The summed E-state index contributed by atoms with van der Waals surface area (Å²) in [6.07, 6.45) is 5.18. The van der Waals surface area contributed by atoms with Crippen LogP contribution in [0.25, 0.3) is 0 Å². The van der Waals surface area contributed by atoms with Gasteiger partial charge in [0.25, 0.3) is 0 Å². The van der Waals surface area contributed by atoms with E-state index in [4.69, 9.17) is 5.73 Å². The maximum Gasteiger partial charge on any atom is 0.234 e. The number of nitrogens with two attached hydrogens (primary N) is 1. The molecule has 1 aliphatic heterocycles. The van der Waals surface area contributed by atoms with E-state index in [1.165, 1.54) is 6.42 Å². The lowest BCUT2D eigenvalue weighted by molar-refractivity contribution is -0.139. The van der Waals surface area contributed by atoms with E-state index in [0.29, 0.717) is 38.0 Å². The van der Waals surface area contributed by atoms with Crippen molar-refractivity contribution in [2.75, 3.05) is 39.3 Å². The van der Waals surface area contributed by atoms with Gasteiger partial charge >= 0.3 is 0 Å². The summed E-state index contributed by atoms with van der Waals surface area (Å²) in [6, 6.07) is 0.0592. The van der Waals surface area contributed by atoms with Gasteiger partial charge in [0.05, 0.1) is 12.5 Å². The number of carbonyl (C=O) groups excluding carboxylic acids is 2. The number of fused-ring (bicyclic) bond motifs is 2. The molecular formula is C17H30Cl2N4O2. The van der Waals surface area contributed by atoms with Gasteiger partial charge in [-0.05, 0) is 31.1 Å². The van der Waals surface area contributed by atoms with Crippen LogP contribution < -0.4 is 11.1 Å². The molecule has 0 aromatic heterocycles. The van der Waals surface area contributed by atoms with Crippen molar-refractivity contribution < 1.29 is 9.59 Å². The molecule has 144 valence electrons. The summed E-state index contributed by atoms with van der Waals surface area (Å²) in [7, 11) is 0. The average Bonchev–Trinajstić information content (AvgIpc) is 3.14. The highest BCUT2D eigenvalue weighted by Crippen LogP contribution is 2.48. The van der Waals surface area contributed by atoms with Gasteiger partial charge in [-0.15, -0.1) is 31.4 Å². The summed E-state index contributed by atoms with van der Waals surface area (Å²) in [4.78, 5) is 28.6. The topological polar surface area (TPSA) is 78.7 Å². The van der Waals surface area contributed by atoms with E-state index in [0.717, 1.165) is 25.9 Å². The Hall–Kier alpha value is -0.820. The summed E-state index contributed by atoms with van der Waals surface area (Å²) in [6.45, 7) is 7.39. The number of halogens is 2. The molecule has 3 rings (SSSR count). The van der Waals surface area contributed by atoms with Gasteiger partial charge in [0, 0.05) is 38.8 Å². The van der Waals surface area contributed by atoms with Crippen molar-refractivity contribution in [1.29, 1.82) is 0 Å². The number of rotatable bonds is 5. The Morgan fingerprint density at radius 3 is 2.32 bits per heavy atom. The van der Waals surface area contributed by atoms with Crippen LogP contribution in [-0.2, 0) is 9.59 Å². The molecule has 25 heavy (non-hydrogen) atoms. The molecule has 3 aliphatic rings. The number of carbonyl (C=O) groups is 2. The van der Waals surface area contributed by atoms with Crippen molar-refractivity contribution in [3.05, 3.63) is 12.7 Å². The van der Waals surface area contributed by atoms with Crippen LogP contribution in [0, 0.1) is 17.8 Å². The molecule has 0 aromatic carbocycles. The maximum absolute atomic E-state index is 12.8. The van der Waals surface area contributed by atoms with Gasteiger partial charge in [0.2, 0.25) is 11.8 Å². The molecule has 2 amide bonds. The first-order chi connectivity index (χ1) is 11.1. The Morgan fingerprint density at radius 1 is 1.12 bits per heavy atom. The Kier molecular flexibility index (Phi) is 8.68. The van der Waals surface area contributed by atoms with Gasteiger partial charge in [0.15, 0.2) is 0 Å². The second-order valence-electron chi connectivity index (χ2n) is 7.13. The fourth-order valence-corrected chi connectivity index (χ4v) is 4.48. The van der Waals surface area contributed by atoms with E-state index in [1.807, 2.05) is 4.90 Å². The van der Waals surface area contributed by atoms with Crippen LogP contribution in [-0.4, -0.2) is 66.9 Å². The van der Waals surface area contributed by atoms with Gasteiger partial charge in [-0.25, -0.2) is 0 Å². The van der Waals surface area contributed by atoms with Crippen molar-refractivity contribution >= 4 is 36.6 Å². The molecule has 0 aromatic rings. The SMILES string of the molecule is C=CCNC(=O)CN1CCN(C(=O)C2C3CCC(C3)C2N)CC1.Cl.Cl. The van der Waals surface area contributed by atoms with Crippen LogP contribution in [0.5, 0.6) is 0 Å². The molecule has 3 fully saturated rings. The fourth-order valence-electron chi connectivity index (χ4n) is 4.48. The quantitative estimate of drug-likeness (QED) is 0.673. The van der Waals surface area contributed by atoms with Crippen LogP contribution in [0.4, 0.5) is 0 Å². The van der Waals surface area contributed by atoms with Crippen LogP contribution in [0.1, 0.15) is 19.3 Å². The second-order valence-corrected chi connectivity index (χ2v) is 7.13. The van der Waals surface area contributed by atoms with Crippen molar-refractivity contribution in [2.24, 2.45) is 23.5 Å². The Labute approximate surface area is 162 Å². The van der Waals surface area contributed by atoms with Gasteiger partial charge in [0.1, 0.15) is 0 Å². The predicted octanol–water partition coefficient (Wildman–Crippen LogP) is 0.650. The highest BCUT2D eigenvalue weighted by Gasteiger charge is 2.50. The fraction of sp³-hybridized carbons (Fsp3) is 0.765. The normalized spacial score (nSPS) is 31.0. The first kappa shape index (κ1) is 22.2. The molecule has 4 atom stereocenters. The molecule has 2 aliphatic carbocycles. The lowest BCUT2D eigenvalue weighted by Crippen LogP contribution is -2.55. The van der Waals surface area contributed by atoms with Gasteiger partial charge < -0.3 is 16.0 Å². The van der Waals surface area contributed by atoms with Crippen LogP contribution in [0.2, 0.25) is 0 Å². The molecule has 6 nitrogen and oxygen atoms in total. The van der Waals surface area contributed by atoms with Crippen molar-refractivity contribution in [1.82, 2.24) is 15.1 Å². The first-order valence-corrected chi connectivity index (χ1v) is 8.74. The average molecular weight is 393 g/mol. The lowest BCUT2D eigenvalue weighted by Gasteiger charge is -2.38. The highest BCUT2D eigenvalue weighted by atomic mass is 35.5. The zero-order valence-corrected chi connectivity index (χ0v) is 16.2. The van der Waals surface area contributed by atoms with Gasteiger partial charge in [-0.3, -0.25) is 14.5 Å². The smallest absolute Gasteiger partial charge is 0.234 e. The molecule has 2 bridgehead atoms. The third-order valence-corrected chi connectivity index (χ3v) is 5.76. The second kappa shape index (κ2) is 9.76. The summed E-state index contributed by atoms with van der Waals surface area (Å²) in [5.41, 5.74) is 6.29. The van der Waals surface area contributed by atoms with E-state index < -0.39 is 0 Å². The minimum absolute atomic E-state index is 0. The maximum atomic E-state index is 12.8. The van der Waals surface area contributed by atoms with E-state index >= 15 is 0 Å². The van der Waals surface area contributed by atoms with E-state index in [9.17, 15) is 9.59 Å². The Morgan fingerprint density at radius 2 is 1.76 bits per heavy atom. The molecule has 8 heteroatoms. The molecule has 2 saturated carbocycles. The third-order valence-electron chi connectivity index (χ3n) is 5.76. The Balaban J connectivity index is 0.00000156. The van der Waals surface area contributed by atoms with E-state index in [1.54, 1.807) is 6.08 Å². The predicted molar refractivity (Wildman–Crippen MR) is 103 cm³/mol. The highest BCUT2D eigenvalue weighted by molar-refractivity contribution is 5.85. The number of hydrogen-bond donors (Lipinski definition) is 2.